The van der Waals surface area contributed by atoms with E-state index in [1.165, 1.54) is 0 Å². The molecule has 1 N–H and O–H groups in total. The average molecular weight is 263 g/mol. The van der Waals surface area contributed by atoms with Crippen LogP contribution in [0.2, 0.25) is 0 Å². The van der Waals surface area contributed by atoms with Crippen molar-refractivity contribution in [2.75, 3.05) is 26.3 Å². The van der Waals surface area contributed by atoms with Crippen LogP contribution >= 0.6 is 0 Å². The number of ether oxygens (including phenoxy) is 1. The summed E-state index contributed by atoms with van der Waals surface area (Å²) in [6.45, 7) is 6.43. The van der Waals surface area contributed by atoms with Crippen LogP contribution in [0, 0.1) is 5.92 Å². The Bertz CT molecular complexity index is 426. The molecule has 1 fully saturated rings. The van der Waals surface area contributed by atoms with Crippen molar-refractivity contribution in [2.45, 2.75) is 19.4 Å². The van der Waals surface area contributed by atoms with E-state index in [1.54, 1.807) is 0 Å². The van der Waals surface area contributed by atoms with E-state index in [2.05, 4.69) is 0 Å². The summed E-state index contributed by atoms with van der Waals surface area (Å²) < 4.78 is 5.36. The molecule has 1 atom stereocenters. The van der Waals surface area contributed by atoms with Gasteiger partial charge in [-0.15, -0.1) is 0 Å². The van der Waals surface area contributed by atoms with Gasteiger partial charge in [-0.25, -0.2) is 4.79 Å². The molecular formula is C15H21NO3. The first-order chi connectivity index (χ1) is 9.10. The second-order valence-electron chi connectivity index (χ2n) is 5.19. The molecule has 1 aliphatic rings. The van der Waals surface area contributed by atoms with Crippen LogP contribution in [0.4, 0.5) is 0 Å². The van der Waals surface area contributed by atoms with E-state index >= 15 is 0 Å². The lowest BCUT2D eigenvalue weighted by Gasteiger charge is -2.45. The molecule has 4 heteroatoms. The maximum absolute atomic E-state index is 12.1. The molecular weight excluding hydrogens is 242 g/mol. The summed E-state index contributed by atoms with van der Waals surface area (Å²) in [5.74, 6) is -0.805. The highest BCUT2D eigenvalue weighted by Crippen LogP contribution is 2.37. The van der Waals surface area contributed by atoms with Gasteiger partial charge in [0.25, 0.3) is 0 Å². The summed E-state index contributed by atoms with van der Waals surface area (Å²) >= 11 is 0. The Morgan fingerprint density at radius 3 is 2.32 bits per heavy atom. The Morgan fingerprint density at radius 2 is 1.84 bits per heavy atom. The molecule has 0 bridgehead atoms. The van der Waals surface area contributed by atoms with Crippen molar-refractivity contribution >= 4 is 5.97 Å². The monoisotopic (exact) mass is 263 g/mol. The van der Waals surface area contributed by atoms with Crippen LogP contribution in [0.5, 0.6) is 0 Å². The number of carbonyl (C=O) groups is 1. The molecule has 1 aliphatic heterocycles. The van der Waals surface area contributed by atoms with Crippen molar-refractivity contribution < 1.29 is 14.6 Å². The summed E-state index contributed by atoms with van der Waals surface area (Å²) in [5.41, 5.74) is -0.121. The average Bonchev–Trinajstić information content (AvgIpc) is 2.41. The number of hydrogen-bond acceptors (Lipinski definition) is 3. The molecule has 1 saturated heterocycles. The fourth-order valence-corrected chi connectivity index (χ4v) is 3.00. The van der Waals surface area contributed by atoms with Gasteiger partial charge in [0.2, 0.25) is 0 Å². The van der Waals surface area contributed by atoms with E-state index in [-0.39, 0.29) is 5.92 Å². The summed E-state index contributed by atoms with van der Waals surface area (Å²) in [7, 11) is 0. The predicted octanol–water partition coefficient (Wildman–Crippen LogP) is 1.95. The number of hydrogen-bond donors (Lipinski definition) is 1. The minimum Gasteiger partial charge on any atom is -0.480 e. The first kappa shape index (κ1) is 14.0. The number of aliphatic carboxylic acids is 1. The van der Waals surface area contributed by atoms with Crippen molar-refractivity contribution in [3.63, 3.8) is 0 Å². The molecule has 104 valence electrons. The lowest BCUT2D eigenvalue weighted by atomic mass is 9.78. The Kier molecular flexibility index (Phi) is 4.22. The molecule has 0 saturated carbocycles. The summed E-state index contributed by atoms with van der Waals surface area (Å²) in [4.78, 5) is 14.1. The number of nitrogens with zero attached hydrogens (tertiary/aromatic N) is 1. The van der Waals surface area contributed by atoms with Crippen LogP contribution in [-0.2, 0) is 15.1 Å². The quantitative estimate of drug-likeness (QED) is 0.902. The standard InChI is InChI=1S/C15H21NO3/c1-12(2)15(14(17)18,13-6-4-3-5-7-13)16-8-10-19-11-9-16/h3-7,12H,8-11H2,1-2H3,(H,17,18). The fourth-order valence-electron chi connectivity index (χ4n) is 3.00. The van der Waals surface area contributed by atoms with E-state index in [0.29, 0.717) is 26.3 Å². The highest BCUT2D eigenvalue weighted by Gasteiger charge is 2.48. The van der Waals surface area contributed by atoms with Crippen LogP contribution in [0.15, 0.2) is 30.3 Å². The summed E-state index contributed by atoms with van der Waals surface area (Å²) in [6, 6.07) is 9.52. The zero-order valence-electron chi connectivity index (χ0n) is 11.5. The molecule has 0 amide bonds. The third-order valence-electron chi connectivity index (χ3n) is 3.89. The number of benzene rings is 1. The van der Waals surface area contributed by atoms with Crippen molar-refractivity contribution in [1.82, 2.24) is 4.90 Å². The van der Waals surface area contributed by atoms with Gasteiger partial charge in [0, 0.05) is 13.1 Å². The molecule has 0 radical (unpaired) electrons. The van der Waals surface area contributed by atoms with E-state index in [9.17, 15) is 9.90 Å². The van der Waals surface area contributed by atoms with Gasteiger partial charge in [-0.2, -0.15) is 0 Å². The van der Waals surface area contributed by atoms with Crippen LogP contribution in [0.25, 0.3) is 0 Å². The normalized spacial score (nSPS) is 20.2. The lowest BCUT2D eigenvalue weighted by molar-refractivity contribution is -0.160. The predicted molar refractivity (Wildman–Crippen MR) is 73.0 cm³/mol. The van der Waals surface area contributed by atoms with E-state index < -0.39 is 11.5 Å². The van der Waals surface area contributed by atoms with E-state index in [1.807, 2.05) is 49.1 Å². The number of morpholine rings is 1. The first-order valence-corrected chi connectivity index (χ1v) is 6.72. The number of carboxylic acid groups (broad SMARTS) is 1. The van der Waals surface area contributed by atoms with Gasteiger partial charge in [0.1, 0.15) is 5.54 Å². The second kappa shape index (κ2) is 5.72. The molecule has 2 rings (SSSR count). The Morgan fingerprint density at radius 1 is 1.26 bits per heavy atom. The van der Waals surface area contributed by atoms with Crippen molar-refractivity contribution in [3.8, 4) is 0 Å². The second-order valence-corrected chi connectivity index (χ2v) is 5.19. The topological polar surface area (TPSA) is 49.8 Å². The van der Waals surface area contributed by atoms with Gasteiger partial charge < -0.3 is 9.84 Å². The third kappa shape index (κ3) is 2.38. The van der Waals surface area contributed by atoms with E-state index in [0.717, 1.165) is 5.56 Å². The van der Waals surface area contributed by atoms with Gasteiger partial charge in [-0.05, 0) is 11.5 Å². The van der Waals surface area contributed by atoms with Crippen molar-refractivity contribution in [3.05, 3.63) is 35.9 Å². The van der Waals surface area contributed by atoms with Gasteiger partial charge in [0.15, 0.2) is 0 Å². The minimum absolute atomic E-state index is 0.0227. The molecule has 4 nitrogen and oxygen atoms in total. The first-order valence-electron chi connectivity index (χ1n) is 6.72. The smallest absolute Gasteiger partial charge is 0.329 e. The van der Waals surface area contributed by atoms with Crippen LogP contribution in [-0.4, -0.2) is 42.3 Å². The number of rotatable bonds is 4. The summed E-state index contributed by atoms with van der Waals surface area (Å²) in [6.07, 6.45) is 0. The lowest BCUT2D eigenvalue weighted by Crippen LogP contribution is -2.58. The van der Waals surface area contributed by atoms with Crippen LogP contribution in [0.3, 0.4) is 0 Å². The Hall–Kier alpha value is -1.39. The SMILES string of the molecule is CC(C)C(C(=O)O)(c1ccccc1)N1CCOCC1. The third-order valence-corrected chi connectivity index (χ3v) is 3.89. The Balaban J connectivity index is 2.50. The molecule has 1 unspecified atom stereocenters. The van der Waals surface area contributed by atoms with Crippen molar-refractivity contribution in [2.24, 2.45) is 5.92 Å². The van der Waals surface area contributed by atoms with Gasteiger partial charge in [-0.1, -0.05) is 44.2 Å². The van der Waals surface area contributed by atoms with Gasteiger partial charge in [0.05, 0.1) is 13.2 Å². The molecule has 1 aromatic rings. The molecule has 0 spiro atoms. The Labute approximate surface area is 114 Å². The molecule has 1 heterocycles. The van der Waals surface area contributed by atoms with Gasteiger partial charge >= 0.3 is 5.97 Å². The van der Waals surface area contributed by atoms with Crippen LogP contribution in [0.1, 0.15) is 19.4 Å². The maximum atomic E-state index is 12.1. The summed E-state index contributed by atoms with van der Waals surface area (Å²) in [5, 5.41) is 9.92. The molecule has 0 aliphatic carbocycles. The molecule has 19 heavy (non-hydrogen) atoms. The number of carboxylic acids is 1. The maximum Gasteiger partial charge on any atom is 0.329 e. The minimum atomic E-state index is -0.967. The highest BCUT2D eigenvalue weighted by atomic mass is 16.5. The fraction of sp³-hybridized carbons (Fsp3) is 0.533. The van der Waals surface area contributed by atoms with Crippen LogP contribution < -0.4 is 0 Å². The van der Waals surface area contributed by atoms with Gasteiger partial charge in [-0.3, -0.25) is 4.90 Å². The molecule has 0 aromatic heterocycles. The zero-order valence-corrected chi connectivity index (χ0v) is 11.5. The largest absolute Gasteiger partial charge is 0.480 e. The van der Waals surface area contributed by atoms with Crippen molar-refractivity contribution in [1.29, 1.82) is 0 Å². The highest BCUT2D eigenvalue weighted by molar-refractivity contribution is 5.81. The zero-order chi connectivity index (χ0) is 13.9. The molecule has 1 aromatic carbocycles. The van der Waals surface area contributed by atoms with E-state index in [4.69, 9.17) is 4.74 Å².